The second-order valence-corrected chi connectivity index (χ2v) is 15.8. The highest BCUT2D eigenvalue weighted by Crippen LogP contribution is 2.43. The molecule has 0 spiro atoms. The number of carbonyl (C=O) groups is 1. The Hall–Kier alpha value is -6.16. The Morgan fingerprint density at radius 1 is 0.770 bits per heavy atom. The Kier molecular flexibility index (Phi) is 12.3. The first-order valence-electron chi connectivity index (χ1n) is 19.0. The lowest BCUT2D eigenvalue weighted by Crippen LogP contribution is -2.46. The van der Waals surface area contributed by atoms with Gasteiger partial charge in [-0.2, -0.15) is 8.42 Å². The summed E-state index contributed by atoms with van der Waals surface area (Å²) in [5.74, 6) is -0.144. The van der Waals surface area contributed by atoms with Crippen molar-refractivity contribution in [3.05, 3.63) is 161 Å². The Morgan fingerprint density at radius 3 is 1.77 bits per heavy atom. The summed E-state index contributed by atoms with van der Waals surface area (Å²) >= 11 is 0. The van der Waals surface area contributed by atoms with Crippen LogP contribution in [0.3, 0.4) is 0 Å². The van der Waals surface area contributed by atoms with Crippen molar-refractivity contribution in [3.8, 4) is 11.5 Å². The number of aryl methyl sites for hydroxylation is 2. The third kappa shape index (κ3) is 8.85. The number of methoxy groups -OCH3 is 2. The number of hydrogen-bond acceptors (Lipinski definition) is 14. The van der Waals surface area contributed by atoms with Crippen LogP contribution in [0.15, 0.2) is 110 Å². The molecular weight excluding hydrogens is 819 g/mol. The van der Waals surface area contributed by atoms with Gasteiger partial charge < -0.3 is 28.8 Å². The molecule has 1 amide bonds. The number of ether oxygens (including phenoxy) is 5. The summed E-state index contributed by atoms with van der Waals surface area (Å²) in [6.45, 7) is 2.56. The second-order valence-electron chi connectivity index (χ2n) is 14.5. The Bertz CT molecular complexity index is 2690. The smallest absolute Gasteiger partial charge is 0.362 e. The van der Waals surface area contributed by atoms with Crippen LogP contribution in [0.5, 0.6) is 11.5 Å². The molecular formula is C41H43N5O14S. The maximum absolute atomic E-state index is 13.7. The number of carbonyl (C=O) groups excluding carboxylic acids is 1. The SMILES string of the molecule is COc1ccc(C(OC[C@H]2O[C@@H](n3cc(C)c(=O)[nH]c3=O)C[C@@H]2OS(=O)(=O)NC(=O)[C@H]2O[C@@H](n3cc(C)c(=O)[nH]c3=O)C[C@@H]2O)(c2ccccc2)c2ccc(OC)cc2)cc1. The van der Waals surface area contributed by atoms with E-state index < -0.39 is 81.2 Å². The lowest BCUT2D eigenvalue weighted by atomic mass is 9.80. The average molecular weight is 862 g/mol. The van der Waals surface area contributed by atoms with Gasteiger partial charge in [0, 0.05) is 36.4 Å². The van der Waals surface area contributed by atoms with Crippen molar-refractivity contribution in [1.29, 1.82) is 0 Å². The monoisotopic (exact) mass is 861 g/mol. The number of benzene rings is 3. The first-order chi connectivity index (χ1) is 29.1. The molecule has 0 saturated carbocycles. The number of nitrogens with zero attached hydrogens (tertiary/aromatic N) is 2. The molecule has 6 atom stereocenters. The van der Waals surface area contributed by atoms with Crippen molar-refractivity contribution in [2.45, 2.75) is 69.2 Å². The van der Waals surface area contributed by atoms with Gasteiger partial charge in [-0.1, -0.05) is 54.6 Å². The molecule has 4 N–H and O–H groups in total. The Balaban J connectivity index is 1.21. The first kappa shape index (κ1) is 42.9. The lowest BCUT2D eigenvalue weighted by molar-refractivity contribution is -0.136. The van der Waals surface area contributed by atoms with E-state index in [2.05, 4.69) is 9.97 Å². The first-order valence-corrected chi connectivity index (χ1v) is 20.4. The van der Waals surface area contributed by atoms with Crippen molar-refractivity contribution < 1.29 is 46.2 Å². The van der Waals surface area contributed by atoms with Crippen LogP contribution < -0.4 is 36.7 Å². The van der Waals surface area contributed by atoms with E-state index in [1.165, 1.54) is 40.5 Å². The van der Waals surface area contributed by atoms with Crippen LogP contribution >= 0.6 is 0 Å². The van der Waals surface area contributed by atoms with Gasteiger partial charge in [-0.15, -0.1) is 0 Å². The van der Waals surface area contributed by atoms with Crippen molar-refractivity contribution in [3.63, 3.8) is 0 Å². The van der Waals surface area contributed by atoms with Gasteiger partial charge in [0.15, 0.2) is 6.10 Å². The van der Waals surface area contributed by atoms with Gasteiger partial charge in [0.05, 0.1) is 26.9 Å². The van der Waals surface area contributed by atoms with Gasteiger partial charge >= 0.3 is 21.7 Å². The molecule has 4 heterocycles. The minimum Gasteiger partial charge on any atom is -0.497 e. The average Bonchev–Trinajstić information content (AvgIpc) is 3.83. The predicted octanol–water partition coefficient (Wildman–Crippen LogP) is 1.41. The van der Waals surface area contributed by atoms with Gasteiger partial charge in [0.1, 0.15) is 41.8 Å². The molecule has 0 bridgehead atoms. The highest BCUT2D eigenvalue weighted by Gasteiger charge is 2.46. The number of H-pyrrole nitrogens is 2. The maximum atomic E-state index is 13.7. The quantitative estimate of drug-likeness (QED) is 0.115. The maximum Gasteiger partial charge on any atom is 0.362 e. The van der Waals surface area contributed by atoms with Gasteiger partial charge in [-0.3, -0.25) is 33.5 Å². The topological polar surface area (TPSA) is 249 Å². The minimum atomic E-state index is -5.03. The zero-order valence-electron chi connectivity index (χ0n) is 33.3. The fourth-order valence-electron chi connectivity index (χ4n) is 7.43. The summed E-state index contributed by atoms with van der Waals surface area (Å²) in [5, 5.41) is 10.7. The molecule has 3 aromatic carbocycles. The number of hydrogen-bond donors (Lipinski definition) is 4. The largest absolute Gasteiger partial charge is 0.497 e. The molecule has 2 fully saturated rings. The number of rotatable bonds is 14. The van der Waals surface area contributed by atoms with Gasteiger partial charge in [0.25, 0.3) is 17.0 Å². The van der Waals surface area contributed by atoms with E-state index in [0.717, 1.165) is 9.13 Å². The lowest BCUT2D eigenvalue weighted by Gasteiger charge is -2.37. The van der Waals surface area contributed by atoms with E-state index in [-0.39, 0.29) is 30.6 Å². The summed E-state index contributed by atoms with van der Waals surface area (Å²) < 4.78 is 66.5. The Morgan fingerprint density at radius 2 is 1.26 bits per heavy atom. The second kappa shape index (κ2) is 17.4. The fraction of sp³-hybridized carbons (Fsp3) is 0.341. The summed E-state index contributed by atoms with van der Waals surface area (Å²) in [6, 6.07) is 23.6. The van der Waals surface area contributed by atoms with Crippen LogP contribution in [0.1, 0.15) is 53.1 Å². The minimum absolute atomic E-state index is 0.158. The molecule has 0 aliphatic carbocycles. The summed E-state index contributed by atoms with van der Waals surface area (Å²) in [4.78, 5) is 67.3. The van der Waals surface area contributed by atoms with E-state index in [0.29, 0.717) is 28.2 Å². The van der Waals surface area contributed by atoms with E-state index in [1.807, 2.05) is 54.6 Å². The fourth-order valence-corrected chi connectivity index (χ4v) is 8.37. The standard InChI is InChI=1S/C41H43N5O14S/c1-23-20-45(39(51)42-36(23)48)33-18-30(47)35(59-33)38(50)44-61(53,54)60-31-19-34(46-21-24(2)37(49)43-40(46)52)58-32(31)22-57-41(25-8-6-5-7-9-25,26-10-14-28(55-3)15-11-26)27-12-16-29(56-4)17-13-27/h5-17,20-21,30-35,47H,18-19,22H2,1-4H3,(H,44,50)(H,42,48,51)(H,43,49,52)/t30-,31-,32+,33+,34+,35-/m0/s1. The molecule has 61 heavy (non-hydrogen) atoms. The molecule has 2 saturated heterocycles. The number of amides is 1. The number of aliphatic hydroxyl groups excluding tert-OH is 1. The Labute approximate surface area is 347 Å². The molecule has 20 heteroatoms. The molecule has 5 aromatic rings. The van der Waals surface area contributed by atoms with Crippen molar-refractivity contribution in [1.82, 2.24) is 23.8 Å². The number of nitrogens with one attached hydrogen (secondary N) is 3. The van der Waals surface area contributed by atoms with Crippen LogP contribution in [0, 0.1) is 13.8 Å². The summed E-state index contributed by atoms with van der Waals surface area (Å²) in [6.07, 6.45) is -6.49. The van der Waals surface area contributed by atoms with Crippen molar-refractivity contribution in [2.24, 2.45) is 0 Å². The molecule has 7 rings (SSSR count). The number of aromatic amines is 2. The third-order valence-electron chi connectivity index (χ3n) is 10.6. The molecule has 19 nitrogen and oxygen atoms in total. The number of aromatic nitrogens is 4. The number of aliphatic hydroxyl groups is 1. The van der Waals surface area contributed by atoms with Gasteiger partial charge in [-0.25, -0.2) is 18.5 Å². The van der Waals surface area contributed by atoms with Crippen LogP contribution in [0.4, 0.5) is 0 Å². The third-order valence-corrected chi connectivity index (χ3v) is 11.5. The summed E-state index contributed by atoms with van der Waals surface area (Å²) in [5.41, 5.74) is -2.02. The molecule has 2 aliphatic rings. The van der Waals surface area contributed by atoms with E-state index in [4.69, 9.17) is 27.9 Å². The van der Waals surface area contributed by atoms with Crippen LogP contribution in [0.25, 0.3) is 0 Å². The zero-order chi connectivity index (χ0) is 43.6. The predicted molar refractivity (Wildman–Crippen MR) is 215 cm³/mol. The van der Waals surface area contributed by atoms with E-state index in [1.54, 1.807) is 29.0 Å². The van der Waals surface area contributed by atoms with Crippen LogP contribution in [-0.4, -0.2) is 83.8 Å². The molecule has 322 valence electrons. The molecule has 2 aliphatic heterocycles. The van der Waals surface area contributed by atoms with E-state index >= 15 is 0 Å². The van der Waals surface area contributed by atoms with Gasteiger partial charge in [0.2, 0.25) is 0 Å². The highest BCUT2D eigenvalue weighted by atomic mass is 32.2. The summed E-state index contributed by atoms with van der Waals surface area (Å²) in [7, 11) is -1.96. The van der Waals surface area contributed by atoms with Gasteiger partial charge in [-0.05, 0) is 54.8 Å². The van der Waals surface area contributed by atoms with Crippen LogP contribution in [0.2, 0.25) is 0 Å². The normalized spacial score (nSPS) is 21.6. The van der Waals surface area contributed by atoms with Crippen molar-refractivity contribution in [2.75, 3.05) is 20.8 Å². The molecule has 0 unspecified atom stereocenters. The molecule has 0 radical (unpaired) electrons. The van der Waals surface area contributed by atoms with E-state index in [9.17, 15) is 37.5 Å². The van der Waals surface area contributed by atoms with Crippen molar-refractivity contribution >= 4 is 16.2 Å². The molecule has 2 aromatic heterocycles. The van der Waals surface area contributed by atoms with Crippen LogP contribution in [-0.2, 0) is 39.1 Å². The highest BCUT2D eigenvalue weighted by molar-refractivity contribution is 7.85. The zero-order valence-corrected chi connectivity index (χ0v) is 34.1.